The van der Waals surface area contributed by atoms with E-state index < -0.39 is 15.9 Å². The van der Waals surface area contributed by atoms with E-state index in [1.165, 1.54) is 35.2 Å². The molecule has 0 saturated heterocycles. The van der Waals surface area contributed by atoms with Crippen molar-refractivity contribution < 1.29 is 22.7 Å². The van der Waals surface area contributed by atoms with Crippen molar-refractivity contribution in [3.8, 4) is 22.8 Å². The molecule has 29 heavy (non-hydrogen) atoms. The van der Waals surface area contributed by atoms with E-state index in [0.717, 1.165) is 5.56 Å². The number of methoxy groups -OCH3 is 2. The number of aromatic nitrogens is 2. The van der Waals surface area contributed by atoms with Gasteiger partial charge in [0.05, 0.1) is 19.9 Å². The number of sulfonamides is 1. The Labute approximate surface area is 172 Å². The summed E-state index contributed by atoms with van der Waals surface area (Å²) in [4.78, 5) is 17.1. The lowest BCUT2D eigenvalue weighted by atomic mass is 10.1. The monoisotopic (exact) mass is 436 g/mol. The summed E-state index contributed by atoms with van der Waals surface area (Å²) >= 11 is 1.24. The Morgan fingerprint density at radius 3 is 2.62 bits per heavy atom. The molecule has 0 bridgehead atoms. The molecule has 0 atom stereocenters. The van der Waals surface area contributed by atoms with Crippen molar-refractivity contribution in [1.82, 2.24) is 14.3 Å². The second-order valence-electron chi connectivity index (χ2n) is 5.94. The Bertz CT molecular complexity index is 1150. The number of hydrogen-bond donors (Lipinski definition) is 2. The zero-order valence-corrected chi connectivity index (χ0v) is 17.8. The average molecular weight is 437 g/mol. The van der Waals surface area contributed by atoms with Gasteiger partial charge in [0.1, 0.15) is 22.1 Å². The van der Waals surface area contributed by atoms with Crippen molar-refractivity contribution in [1.29, 1.82) is 0 Å². The van der Waals surface area contributed by atoms with E-state index >= 15 is 0 Å². The topological polar surface area (TPSA) is 112 Å². The number of benzene rings is 1. The smallest absolute Gasteiger partial charge is 0.274 e. The van der Waals surface area contributed by atoms with Gasteiger partial charge in [-0.1, -0.05) is 0 Å². The number of aryl methyl sites for hydroxylation is 1. The number of carbonyl (C=O) groups excluding carboxylic acids is 1. The highest BCUT2D eigenvalue weighted by atomic mass is 32.2. The van der Waals surface area contributed by atoms with Gasteiger partial charge in [0.2, 0.25) is 10.0 Å². The van der Waals surface area contributed by atoms with Crippen LogP contribution in [0.15, 0.2) is 40.7 Å². The molecule has 9 nitrogen and oxygen atoms in total. The Hall–Kier alpha value is -2.89. The summed E-state index contributed by atoms with van der Waals surface area (Å²) in [5.41, 5.74) is 1.53. The fourth-order valence-electron chi connectivity index (χ4n) is 2.66. The SMILES string of the molecule is CNS(=O)(=O)c1cc(C(=O)Nc2nc(-c3cc(OC)ccc3OC)cs2)n(C)c1. The van der Waals surface area contributed by atoms with Crippen molar-refractivity contribution in [3.05, 3.63) is 41.5 Å². The normalized spacial score (nSPS) is 11.3. The summed E-state index contributed by atoms with van der Waals surface area (Å²) in [6, 6.07) is 6.66. The number of nitrogens with zero attached hydrogens (tertiary/aromatic N) is 2. The van der Waals surface area contributed by atoms with Crippen LogP contribution in [0.25, 0.3) is 11.3 Å². The molecule has 3 rings (SSSR count). The van der Waals surface area contributed by atoms with Gasteiger partial charge in [-0.25, -0.2) is 18.1 Å². The predicted octanol–water partition coefficient (Wildman–Crippen LogP) is 2.33. The lowest BCUT2D eigenvalue weighted by Gasteiger charge is -2.08. The van der Waals surface area contributed by atoms with Crippen LogP contribution in [0.3, 0.4) is 0 Å². The summed E-state index contributed by atoms with van der Waals surface area (Å²) in [6.45, 7) is 0. The van der Waals surface area contributed by atoms with Crippen LogP contribution in [-0.4, -0.2) is 45.1 Å². The maximum atomic E-state index is 12.6. The molecule has 0 radical (unpaired) electrons. The summed E-state index contributed by atoms with van der Waals surface area (Å²) in [6.07, 6.45) is 1.37. The number of amides is 1. The Balaban J connectivity index is 1.85. The van der Waals surface area contributed by atoms with Crippen molar-refractivity contribution in [3.63, 3.8) is 0 Å². The molecule has 0 saturated carbocycles. The van der Waals surface area contributed by atoms with Crippen LogP contribution in [0.4, 0.5) is 5.13 Å². The molecule has 154 valence electrons. The van der Waals surface area contributed by atoms with Crippen molar-refractivity contribution in [2.24, 2.45) is 7.05 Å². The van der Waals surface area contributed by atoms with Crippen LogP contribution in [0.2, 0.25) is 0 Å². The molecule has 2 aromatic heterocycles. The molecule has 0 aliphatic rings. The highest BCUT2D eigenvalue weighted by Gasteiger charge is 2.20. The van der Waals surface area contributed by atoms with Gasteiger partial charge in [0.15, 0.2) is 5.13 Å². The van der Waals surface area contributed by atoms with Crippen LogP contribution in [0, 0.1) is 0 Å². The maximum absolute atomic E-state index is 12.6. The molecule has 2 heterocycles. The third-order valence-electron chi connectivity index (χ3n) is 4.20. The maximum Gasteiger partial charge on any atom is 0.274 e. The van der Waals surface area contributed by atoms with Crippen LogP contribution in [-0.2, 0) is 17.1 Å². The fraction of sp³-hybridized carbons (Fsp3) is 0.222. The molecular weight excluding hydrogens is 416 g/mol. The summed E-state index contributed by atoms with van der Waals surface area (Å²) in [7, 11) is 2.40. The minimum Gasteiger partial charge on any atom is -0.497 e. The van der Waals surface area contributed by atoms with E-state index in [2.05, 4.69) is 15.0 Å². The third kappa shape index (κ3) is 4.26. The predicted molar refractivity (Wildman–Crippen MR) is 110 cm³/mol. The Kier molecular flexibility index (Phi) is 5.91. The van der Waals surface area contributed by atoms with Crippen LogP contribution in [0.5, 0.6) is 11.5 Å². The van der Waals surface area contributed by atoms with Crippen LogP contribution < -0.4 is 19.5 Å². The molecule has 1 amide bonds. The largest absolute Gasteiger partial charge is 0.497 e. The molecular formula is C18H20N4O5S2. The van der Waals surface area contributed by atoms with E-state index in [-0.39, 0.29) is 10.6 Å². The molecule has 0 fully saturated rings. The van der Waals surface area contributed by atoms with Gasteiger partial charge in [-0.15, -0.1) is 11.3 Å². The molecule has 0 spiro atoms. The van der Waals surface area contributed by atoms with Gasteiger partial charge in [-0.05, 0) is 31.3 Å². The number of thiazole rings is 1. The first-order valence-corrected chi connectivity index (χ1v) is 10.7. The molecule has 0 aliphatic carbocycles. The van der Waals surface area contributed by atoms with Crippen molar-refractivity contribution in [2.75, 3.05) is 26.6 Å². The summed E-state index contributed by atoms with van der Waals surface area (Å²) in [5.74, 6) is 0.809. The van der Waals surface area contributed by atoms with Gasteiger partial charge in [0.25, 0.3) is 5.91 Å². The first-order chi connectivity index (χ1) is 13.8. The Morgan fingerprint density at radius 1 is 1.21 bits per heavy atom. The number of nitrogens with one attached hydrogen (secondary N) is 2. The van der Waals surface area contributed by atoms with E-state index in [1.54, 1.807) is 44.8 Å². The number of anilines is 1. The Morgan fingerprint density at radius 2 is 1.97 bits per heavy atom. The first kappa shape index (κ1) is 20.8. The summed E-state index contributed by atoms with van der Waals surface area (Å²) < 4.78 is 38.2. The average Bonchev–Trinajstić information content (AvgIpc) is 3.34. The highest BCUT2D eigenvalue weighted by Crippen LogP contribution is 2.35. The molecule has 0 aliphatic heterocycles. The van der Waals surface area contributed by atoms with Gasteiger partial charge >= 0.3 is 0 Å². The molecule has 11 heteroatoms. The second kappa shape index (κ2) is 8.23. The fourth-order valence-corrected chi connectivity index (χ4v) is 4.16. The van der Waals surface area contributed by atoms with Gasteiger partial charge in [0, 0.05) is 24.2 Å². The third-order valence-corrected chi connectivity index (χ3v) is 6.34. The zero-order chi connectivity index (χ0) is 21.2. The number of rotatable bonds is 7. The van der Waals surface area contributed by atoms with E-state index in [4.69, 9.17) is 9.47 Å². The van der Waals surface area contributed by atoms with E-state index in [0.29, 0.717) is 22.3 Å². The van der Waals surface area contributed by atoms with Gasteiger partial charge < -0.3 is 14.0 Å². The molecule has 1 aromatic carbocycles. The van der Waals surface area contributed by atoms with Crippen LogP contribution >= 0.6 is 11.3 Å². The summed E-state index contributed by atoms with van der Waals surface area (Å²) in [5, 5.41) is 4.85. The molecule has 3 aromatic rings. The number of ether oxygens (including phenoxy) is 2. The number of carbonyl (C=O) groups is 1. The minimum atomic E-state index is -3.64. The minimum absolute atomic E-state index is 0.00796. The lowest BCUT2D eigenvalue weighted by molar-refractivity contribution is 0.101. The van der Waals surface area contributed by atoms with Crippen molar-refractivity contribution in [2.45, 2.75) is 4.90 Å². The van der Waals surface area contributed by atoms with E-state index in [1.807, 2.05) is 0 Å². The van der Waals surface area contributed by atoms with Gasteiger partial charge in [-0.2, -0.15) is 0 Å². The highest BCUT2D eigenvalue weighted by molar-refractivity contribution is 7.89. The first-order valence-electron chi connectivity index (χ1n) is 8.38. The standard InChI is InChI=1S/C18H20N4O5S2/c1-19-29(24,25)12-8-15(22(2)9-12)17(23)21-18-20-14(10-28-18)13-7-11(26-3)5-6-16(13)27-4/h5-10,19H,1-4H3,(H,20,21,23). The van der Waals surface area contributed by atoms with E-state index in [9.17, 15) is 13.2 Å². The quantitative estimate of drug-likeness (QED) is 0.588. The van der Waals surface area contributed by atoms with Crippen LogP contribution in [0.1, 0.15) is 10.5 Å². The lowest BCUT2D eigenvalue weighted by Crippen LogP contribution is -2.18. The van der Waals surface area contributed by atoms with Gasteiger partial charge in [-0.3, -0.25) is 10.1 Å². The van der Waals surface area contributed by atoms with Crippen molar-refractivity contribution >= 4 is 32.4 Å². The zero-order valence-electron chi connectivity index (χ0n) is 16.2. The molecule has 2 N–H and O–H groups in total. The second-order valence-corrected chi connectivity index (χ2v) is 8.68. The number of hydrogen-bond acceptors (Lipinski definition) is 7. The molecule has 0 unspecified atom stereocenters.